The highest BCUT2D eigenvalue weighted by Gasteiger charge is 2.47. The average molecular weight is 684 g/mol. The van der Waals surface area contributed by atoms with E-state index < -0.39 is 84.1 Å². The molecule has 2 N–H and O–H groups in total. The van der Waals surface area contributed by atoms with Crippen molar-refractivity contribution in [3.63, 3.8) is 0 Å². The fraction of sp³-hybridized carbons (Fsp3) is 0.400. The van der Waals surface area contributed by atoms with Crippen molar-refractivity contribution >= 4 is 20.1 Å². The largest absolute Gasteiger partial charge is 0.483 e. The maximum atomic E-state index is 14.3. The van der Waals surface area contributed by atoms with Crippen molar-refractivity contribution in [1.29, 1.82) is 0 Å². The third-order valence-electron chi connectivity index (χ3n) is 9.52. The Morgan fingerprint density at radius 1 is 1.10 bits per heavy atom. The highest BCUT2D eigenvalue weighted by Crippen LogP contribution is 2.40. The van der Waals surface area contributed by atoms with Crippen LogP contribution < -0.4 is 15.5 Å². The monoisotopic (exact) mass is 683 g/mol. The SMILES string of the molecule is CC(C)(C)[Si](C)(C)OC[C@H]1C=C[C@](C)(O)[C@H]2CN1C(=O)c1c(OCc3ccccc3)c(=O)c(C(=O)NCc3c(F)cc(F)cc3F)cn12. The molecule has 0 unspecified atom stereocenters. The molecule has 2 aliphatic rings. The van der Waals surface area contributed by atoms with Gasteiger partial charge >= 0.3 is 0 Å². The second-order valence-electron chi connectivity index (χ2n) is 14.0. The summed E-state index contributed by atoms with van der Waals surface area (Å²) >= 11 is 0. The van der Waals surface area contributed by atoms with Gasteiger partial charge in [-0.2, -0.15) is 0 Å². The number of pyridine rings is 1. The predicted molar refractivity (Wildman–Crippen MR) is 176 cm³/mol. The molecule has 9 nitrogen and oxygen atoms in total. The van der Waals surface area contributed by atoms with Gasteiger partial charge in [0.15, 0.2) is 19.8 Å². The van der Waals surface area contributed by atoms with Gasteiger partial charge in [0.1, 0.15) is 35.2 Å². The zero-order valence-corrected chi connectivity index (χ0v) is 28.8. The molecular weight excluding hydrogens is 643 g/mol. The van der Waals surface area contributed by atoms with Crippen LogP contribution in [0.2, 0.25) is 18.1 Å². The molecule has 0 saturated carbocycles. The molecule has 5 rings (SSSR count). The molecule has 2 amide bonds. The van der Waals surface area contributed by atoms with E-state index in [2.05, 4.69) is 39.2 Å². The maximum absolute atomic E-state index is 14.3. The van der Waals surface area contributed by atoms with Crippen molar-refractivity contribution < 1.29 is 37.0 Å². The predicted octanol–water partition coefficient (Wildman–Crippen LogP) is 5.48. The van der Waals surface area contributed by atoms with Crippen LogP contribution in [0.5, 0.6) is 5.75 Å². The average Bonchev–Trinajstić information content (AvgIpc) is 3.11. The van der Waals surface area contributed by atoms with Gasteiger partial charge in [-0.05, 0) is 30.6 Å². The van der Waals surface area contributed by atoms with Gasteiger partial charge in [0.25, 0.3) is 11.8 Å². The number of carbonyl (C=O) groups excluding carboxylic acids is 2. The smallest absolute Gasteiger partial charge is 0.275 e. The van der Waals surface area contributed by atoms with Crippen LogP contribution in [-0.2, 0) is 17.6 Å². The number of benzene rings is 2. The topological polar surface area (TPSA) is 110 Å². The van der Waals surface area contributed by atoms with E-state index in [1.807, 2.05) is 0 Å². The van der Waals surface area contributed by atoms with Crippen LogP contribution in [0, 0.1) is 17.5 Å². The molecule has 3 aromatic rings. The van der Waals surface area contributed by atoms with Crippen molar-refractivity contribution in [2.24, 2.45) is 0 Å². The molecule has 48 heavy (non-hydrogen) atoms. The first-order chi connectivity index (χ1) is 22.4. The fourth-order valence-corrected chi connectivity index (χ4v) is 6.54. The summed E-state index contributed by atoms with van der Waals surface area (Å²) in [5.41, 5.74) is -3.03. The Bertz CT molecular complexity index is 1800. The number of fused-ring (bicyclic) bond motifs is 4. The fourth-order valence-electron chi connectivity index (χ4n) is 5.52. The second kappa shape index (κ2) is 13.0. The number of aliphatic hydroxyl groups is 1. The summed E-state index contributed by atoms with van der Waals surface area (Å²) in [6.45, 7) is 11.5. The van der Waals surface area contributed by atoms with Gasteiger partial charge in [0.05, 0.1) is 18.7 Å². The van der Waals surface area contributed by atoms with Crippen LogP contribution in [0.15, 0.2) is 65.6 Å². The Labute approximate surface area is 278 Å². The highest BCUT2D eigenvalue weighted by molar-refractivity contribution is 6.74. The third kappa shape index (κ3) is 6.85. The summed E-state index contributed by atoms with van der Waals surface area (Å²) in [6, 6.07) is 8.42. The summed E-state index contributed by atoms with van der Waals surface area (Å²) in [4.78, 5) is 43.3. The zero-order valence-electron chi connectivity index (χ0n) is 27.8. The Balaban J connectivity index is 1.57. The van der Waals surface area contributed by atoms with E-state index >= 15 is 0 Å². The van der Waals surface area contributed by atoms with Gasteiger partial charge in [-0.15, -0.1) is 0 Å². The molecule has 1 aromatic heterocycles. The molecule has 2 aromatic carbocycles. The Kier molecular flexibility index (Phi) is 9.52. The number of halogens is 3. The molecule has 0 saturated heterocycles. The van der Waals surface area contributed by atoms with Gasteiger partial charge in [0.2, 0.25) is 5.43 Å². The molecule has 3 heterocycles. The number of ether oxygens (including phenoxy) is 1. The van der Waals surface area contributed by atoms with Crippen LogP contribution in [0.3, 0.4) is 0 Å². The standard InChI is InChI=1S/C35H40F3N3O6Si/c1-34(2,3)48(5,6)47-20-23-12-13-35(4,45)28-18-40(23)33(44)29-31(46-19-21-10-8-7-9-11-21)30(42)25(17-41(28)29)32(43)39-16-24-26(37)14-22(36)15-27(24)38/h7-15,17,23,28,45H,16,18-20H2,1-6H3,(H,39,43)/t23-,28-,35+/m1/s1. The van der Waals surface area contributed by atoms with E-state index in [1.165, 1.54) is 4.57 Å². The minimum atomic E-state index is -2.23. The minimum Gasteiger partial charge on any atom is -0.483 e. The highest BCUT2D eigenvalue weighted by atomic mass is 28.4. The number of amides is 2. The number of nitrogens with zero attached hydrogens (tertiary/aromatic N) is 2. The van der Waals surface area contributed by atoms with Crippen LogP contribution in [0.4, 0.5) is 13.2 Å². The molecule has 3 atom stereocenters. The molecular formula is C35H40F3N3O6Si. The second-order valence-corrected chi connectivity index (χ2v) is 18.8. The number of hydrogen-bond donors (Lipinski definition) is 2. The maximum Gasteiger partial charge on any atom is 0.275 e. The lowest BCUT2D eigenvalue weighted by molar-refractivity contribution is 0.0161. The van der Waals surface area contributed by atoms with Crippen LogP contribution in [-0.4, -0.2) is 59.5 Å². The van der Waals surface area contributed by atoms with E-state index in [4.69, 9.17) is 9.16 Å². The first-order valence-corrected chi connectivity index (χ1v) is 18.6. The molecule has 0 spiro atoms. The molecule has 0 radical (unpaired) electrons. The van der Waals surface area contributed by atoms with Crippen LogP contribution in [0.25, 0.3) is 0 Å². The summed E-state index contributed by atoms with van der Waals surface area (Å²) in [5.74, 6) is -5.51. The van der Waals surface area contributed by atoms with Gasteiger partial charge in [-0.1, -0.05) is 63.3 Å². The summed E-state index contributed by atoms with van der Waals surface area (Å²) < 4.78 is 55.9. The summed E-state index contributed by atoms with van der Waals surface area (Å²) in [7, 11) is -2.23. The Morgan fingerprint density at radius 3 is 2.38 bits per heavy atom. The molecule has 2 bridgehead atoms. The van der Waals surface area contributed by atoms with Crippen molar-refractivity contribution in [3.8, 4) is 5.75 Å². The summed E-state index contributed by atoms with van der Waals surface area (Å²) in [6.07, 6.45) is 4.47. The van der Waals surface area contributed by atoms with Crippen molar-refractivity contribution in [3.05, 3.63) is 111 Å². The van der Waals surface area contributed by atoms with Gasteiger partial charge in [-0.3, -0.25) is 14.4 Å². The van der Waals surface area contributed by atoms with E-state index in [9.17, 15) is 32.7 Å². The summed E-state index contributed by atoms with van der Waals surface area (Å²) in [5, 5.41) is 13.9. The number of hydrogen-bond acceptors (Lipinski definition) is 6. The van der Waals surface area contributed by atoms with E-state index in [1.54, 1.807) is 54.3 Å². The van der Waals surface area contributed by atoms with Crippen molar-refractivity contribution in [2.75, 3.05) is 13.2 Å². The lowest BCUT2D eigenvalue weighted by atomic mass is 9.93. The Morgan fingerprint density at radius 2 is 1.75 bits per heavy atom. The first-order valence-electron chi connectivity index (χ1n) is 15.7. The normalized spacial score (nSPS) is 20.7. The van der Waals surface area contributed by atoms with E-state index in [0.717, 1.165) is 6.20 Å². The molecule has 0 aliphatic carbocycles. The quantitative estimate of drug-likeness (QED) is 0.228. The number of rotatable bonds is 9. The van der Waals surface area contributed by atoms with Crippen molar-refractivity contribution in [1.82, 2.24) is 14.8 Å². The number of aromatic nitrogens is 1. The molecule has 2 aliphatic heterocycles. The first kappa shape index (κ1) is 35.1. The van der Waals surface area contributed by atoms with Gasteiger partial charge in [-0.25, -0.2) is 13.2 Å². The lowest BCUT2D eigenvalue weighted by Gasteiger charge is -2.43. The number of nitrogens with one attached hydrogen (secondary N) is 1. The third-order valence-corrected chi connectivity index (χ3v) is 14.0. The lowest BCUT2D eigenvalue weighted by Crippen LogP contribution is -2.54. The molecule has 0 fully saturated rings. The van der Waals surface area contributed by atoms with Gasteiger partial charge in [0, 0.05) is 37.0 Å². The van der Waals surface area contributed by atoms with E-state index in [-0.39, 0.29) is 30.5 Å². The van der Waals surface area contributed by atoms with Gasteiger partial charge < -0.3 is 29.1 Å². The van der Waals surface area contributed by atoms with Crippen molar-refractivity contribution in [2.45, 2.75) is 76.7 Å². The van der Waals surface area contributed by atoms with Crippen LogP contribution >= 0.6 is 0 Å². The number of carbonyl (C=O) groups is 2. The Hall–Kier alpha value is -4.20. The molecule has 13 heteroatoms. The zero-order chi connectivity index (χ0) is 35.2. The molecule has 256 valence electrons. The van der Waals surface area contributed by atoms with E-state index in [0.29, 0.717) is 17.7 Å². The van der Waals surface area contributed by atoms with Crippen LogP contribution in [0.1, 0.15) is 65.7 Å². The minimum absolute atomic E-state index is 0.0193.